The monoisotopic (exact) mass is 305 g/mol. The average Bonchev–Trinajstić information content (AvgIpc) is 2.45. The second-order valence-electron chi connectivity index (χ2n) is 4.47. The van der Waals surface area contributed by atoms with Crippen LogP contribution in [-0.2, 0) is 0 Å². The van der Waals surface area contributed by atoms with Crippen LogP contribution in [0.4, 0.5) is 25.8 Å². The highest BCUT2D eigenvalue weighted by atomic mass is 35.5. The summed E-state index contributed by atoms with van der Waals surface area (Å²) in [5, 5.41) is 3.57. The lowest BCUT2D eigenvalue weighted by molar-refractivity contribution is 0.626. The molecule has 1 aromatic heterocycles. The van der Waals surface area contributed by atoms with Crippen LogP contribution in [0.5, 0.6) is 0 Å². The first-order valence-corrected chi connectivity index (χ1v) is 6.49. The van der Waals surface area contributed by atoms with Gasteiger partial charge in [0.25, 0.3) is 0 Å². The molecule has 0 unspecified atom stereocenters. The predicted octanol–water partition coefficient (Wildman–Crippen LogP) is 4.49. The van der Waals surface area contributed by atoms with Crippen LogP contribution in [0.25, 0.3) is 10.9 Å². The summed E-state index contributed by atoms with van der Waals surface area (Å²) >= 11 is 5.70. The number of nitrogen functional groups attached to an aromatic ring is 1. The number of hydrogen-bond acceptors (Lipinski definition) is 3. The lowest BCUT2D eigenvalue weighted by atomic mass is 10.1. The molecule has 0 bridgehead atoms. The van der Waals surface area contributed by atoms with Crippen molar-refractivity contribution in [3.05, 3.63) is 59.3 Å². The van der Waals surface area contributed by atoms with Gasteiger partial charge in [-0.15, -0.1) is 0 Å². The fourth-order valence-electron chi connectivity index (χ4n) is 2.08. The fourth-order valence-corrected chi connectivity index (χ4v) is 2.24. The third-order valence-corrected chi connectivity index (χ3v) is 3.30. The molecule has 0 aliphatic heterocycles. The standard InChI is InChI=1S/C15H10ClF2N3/c16-8-3-4-13(10(17)6-8)21-15-11(18)7-12(19)9-2-1-5-20-14(9)15/h1-7,21H,19H2. The smallest absolute Gasteiger partial charge is 0.150 e. The number of fused-ring (bicyclic) bond motifs is 1. The summed E-state index contributed by atoms with van der Waals surface area (Å²) in [6.45, 7) is 0. The van der Waals surface area contributed by atoms with Crippen molar-refractivity contribution in [3.8, 4) is 0 Å². The van der Waals surface area contributed by atoms with Crippen molar-refractivity contribution in [2.24, 2.45) is 0 Å². The zero-order chi connectivity index (χ0) is 15.0. The minimum absolute atomic E-state index is 0.0704. The van der Waals surface area contributed by atoms with Crippen LogP contribution in [0.2, 0.25) is 5.02 Å². The van der Waals surface area contributed by atoms with Gasteiger partial charge in [-0.25, -0.2) is 8.78 Å². The van der Waals surface area contributed by atoms with Crippen LogP contribution >= 0.6 is 11.6 Å². The number of hydrogen-bond donors (Lipinski definition) is 2. The second-order valence-corrected chi connectivity index (χ2v) is 4.91. The second kappa shape index (κ2) is 5.18. The lowest BCUT2D eigenvalue weighted by Crippen LogP contribution is -2.01. The van der Waals surface area contributed by atoms with Gasteiger partial charge < -0.3 is 11.1 Å². The lowest BCUT2D eigenvalue weighted by Gasteiger charge is -2.12. The normalized spacial score (nSPS) is 10.8. The zero-order valence-corrected chi connectivity index (χ0v) is 11.5. The molecule has 1 heterocycles. The number of nitrogens with one attached hydrogen (secondary N) is 1. The van der Waals surface area contributed by atoms with Gasteiger partial charge in [-0.05, 0) is 36.4 Å². The third kappa shape index (κ3) is 2.48. The van der Waals surface area contributed by atoms with Crippen molar-refractivity contribution in [1.29, 1.82) is 0 Å². The molecule has 0 saturated carbocycles. The number of benzene rings is 2. The SMILES string of the molecule is Nc1cc(F)c(Nc2ccc(Cl)cc2F)c2ncccc12. The summed E-state index contributed by atoms with van der Waals surface area (Å²) < 4.78 is 28.0. The van der Waals surface area contributed by atoms with Crippen molar-refractivity contribution < 1.29 is 8.78 Å². The summed E-state index contributed by atoms with van der Waals surface area (Å²) in [7, 11) is 0. The molecule has 0 atom stereocenters. The van der Waals surface area contributed by atoms with Crippen molar-refractivity contribution in [2.45, 2.75) is 0 Å². The Morgan fingerprint density at radius 2 is 1.90 bits per heavy atom. The van der Waals surface area contributed by atoms with E-state index in [4.69, 9.17) is 17.3 Å². The van der Waals surface area contributed by atoms with Gasteiger partial charge in [0.15, 0.2) is 5.82 Å². The first-order valence-electron chi connectivity index (χ1n) is 6.11. The molecule has 3 nitrogen and oxygen atoms in total. The van der Waals surface area contributed by atoms with E-state index < -0.39 is 11.6 Å². The van der Waals surface area contributed by atoms with Gasteiger partial charge in [-0.3, -0.25) is 4.98 Å². The zero-order valence-electron chi connectivity index (χ0n) is 10.7. The average molecular weight is 306 g/mol. The molecule has 3 rings (SSSR count). The van der Waals surface area contributed by atoms with Gasteiger partial charge in [0, 0.05) is 22.3 Å². The Balaban J connectivity index is 2.16. The molecular weight excluding hydrogens is 296 g/mol. The van der Waals surface area contributed by atoms with E-state index in [1.54, 1.807) is 12.1 Å². The number of aromatic nitrogens is 1. The molecule has 2 aromatic carbocycles. The number of nitrogens with two attached hydrogens (primary N) is 1. The van der Waals surface area contributed by atoms with Crippen molar-refractivity contribution >= 4 is 39.6 Å². The molecule has 0 amide bonds. The molecule has 0 aliphatic rings. The largest absolute Gasteiger partial charge is 0.398 e. The third-order valence-electron chi connectivity index (χ3n) is 3.07. The topological polar surface area (TPSA) is 50.9 Å². The predicted molar refractivity (Wildman–Crippen MR) is 80.8 cm³/mol. The van der Waals surface area contributed by atoms with E-state index in [1.807, 2.05) is 0 Å². The molecule has 0 radical (unpaired) electrons. The molecule has 3 aromatic rings. The minimum atomic E-state index is -0.604. The Hall–Kier alpha value is -2.40. The Kier molecular flexibility index (Phi) is 3.35. The first-order chi connectivity index (χ1) is 10.1. The van der Waals surface area contributed by atoms with Gasteiger partial charge in [-0.1, -0.05) is 11.6 Å². The highest BCUT2D eigenvalue weighted by molar-refractivity contribution is 6.30. The van der Waals surface area contributed by atoms with Crippen LogP contribution in [0.15, 0.2) is 42.6 Å². The number of halogens is 3. The minimum Gasteiger partial charge on any atom is -0.398 e. The van der Waals surface area contributed by atoms with Crippen molar-refractivity contribution in [2.75, 3.05) is 11.1 Å². The van der Waals surface area contributed by atoms with Gasteiger partial charge in [-0.2, -0.15) is 0 Å². The number of nitrogens with zero attached hydrogens (tertiary/aromatic N) is 1. The number of rotatable bonds is 2. The highest BCUT2D eigenvalue weighted by Crippen LogP contribution is 2.32. The molecule has 3 N–H and O–H groups in total. The summed E-state index contributed by atoms with van der Waals surface area (Å²) in [5.74, 6) is -1.18. The molecule has 0 saturated heterocycles. The maximum Gasteiger partial charge on any atom is 0.150 e. The maximum atomic E-state index is 14.1. The molecule has 21 heavy (non-hydrogen) atoms. The Morgan fingerprint density at radius 1 is 1.10 bits per heavy atom. The van der Waals surface area contributed by atoms with Gasteiger partial charge in [0.2, 0.25) is 0 Å². The van der Waals surface area contributed by atoms with E-state index >= 15 is 0 Å². The van der Waals surface area contributed by atoms with Gasteiger partial charge in [0.1, 0.15) is 11.5 Å². The molecule has 106 valence electrons. The van der Waals surface area contributed by atoms with Crippen LogP contribution in [-0.4, -0.2) is 4.98 Å². The van der Waals surface area contributed by atoms with E-state index in [9.17, 15) is 8.78 Å². The fraction of sp³-hybridized carbons (Fsp3) is 0. The summed E-state index contributed by atoms with van der Waals surface area (Å²) in [4.78, 5) is 4.12. The van der Waals surface area contributed by atoms with Crippen LogP contribution in [0, 0.1) is 11.6 Å². The summed E-state index contributed by atoms with van der Waals surface area (Å²) in [5.41, 5.74) is 6.56. The first kappa shape index (κ1) is 13.6. The molecule has 0 spiro atoms. The van der Waals surface area contributed by atoms with E-state index in [1.165, 1.54) is 24.4 Å². The Morgan fingerprint density at radius 3 is 2.67 bits per heavy atom. The molecular formula is C15H10ClF2N3. The van der Waals surface area contributed by atoms with Gasteiger partial charge >= 0.3 is 0 Å². The van der Waals surface area contributed by atoms with E-state index in [-0.39, 0.29) is 22.1 Å². The summed E-state index contributed by atoms with van der Waals surface area (Å²) in [6, 6.07) is 8.69. The molecule has 0 fully saturated rings. The highest BCUT2D eigenvalue weighted by Gasteiger charge is 2.13. The quantitative estimate of drug-likeness (QED) is 0.686. The number of pyridine rings is 1. The van der Waals surface area contributed by atoms with Crippen LogP contribution in [0.1, 0.15) is 0 Å². The Labute approximate surface area is 124 Å². The maximum absolute atomic E-state index is 14.1. The van der Waals surface area contributed by atoms with Crippen molar-refractivity contribution in [3.63, 3.8) is 0 Å². The molecule has 6 heteroatoms. The van der Waals surface area contributed by atoms with E-state index in [0.29, 0.717) is 10.9 Å². The van der Waals surface area contributed by atoms with E-state index in [2.05, 4.69) is 10.3 Å². The Bertz CT molecular complexity index is 837. The van der Waals surface area contributed by atoms with E-state index in [0.717, 1.165) is 6.07 Å². The van der Waals surface area contributed by atoms with Crippen LogP contribution < -0.4 is 11.1 Å². The molecule has 0 aliphatic carbocycles. The number of anilines is 3. The van der Waals surface area contributed by atoms with Crippen molar-refractivity contribution in [1.82, 2.24) is 4.98 Å². The summed E-state index contributed by atoms with van der Waals surface area (Å²) in [6.07, 6.45) is 1.52. The van der Waals surface area contributed by atoms with Gasteiger partial charge in [0.05, 0.1) is 11.2 Å². The van der Waals surface area contributed by atoms with Crippen LogP contribution in [0.3, 0.4) is 0 Å².